The van der Waals surface area contributed by atoms with Crippen LogP contribution in [0, 0.1) is 6.92 Å². The van der Waals surface area contributed by atoms with E-state index in [1.807, 2.05) is 30.3 Å². The average molecular weight is 647 g/mol. The summed E-state index contributed by atoms with van der Waals surface area (Å²) in [5, 5.41) is 12.4. The van der Waals surface area contributed by atoms with Crippen LogP contribution in [0.5, 0.6) is 0 Å². The third kappa shape index (κ3) is 8.75. The number of hydrogen-bond donors (Lipinski definition) is 4. The third-order valence-electron chi connectivity index (χ3n) is 6.13. The summed E-state index contributed by atoms with van der Waals surface area (Å²) in [5.41, 5.74) is 3.28. The highest BCUT2D eigenvalue weighted by atomic mass is 32.2. The average Bonchev–Trinajstić information content (AvgIpc) is 3.32. The first-order chi connectivity index (χ1) is 21.1. The van der Waals surface area contributed by atoms with Crippen molar-refractivity contribution in [3.8, 4) is 0 Å². The second-order valence-corrected chi connectivity index (χ2v) is 11.9. The molecule has 0 aliphatic heterocycles. The first-order valence-corrected chi connectivity index (χ1v) is 15.7. The van der Waals surface area contributed by atoms with E-state index in [0.29, 0.717) is 26.8 Å². The molecule has 0 unspecified atom stereocenters. The number of benzene rings is 3. The number of thiocarbonyl (C=S) groups is 1. The first kappa shape index (κ1) is 32.4. The van der Waals surface area contributed by atoms with E-state index in [1.54, 1.807) is 62.4 Å². The fraction of sp³-hybridized carbons (Fsp3) is 0.156. The summed E-state index contributed by atoms with van der Waals surface area (Å²) >= 11 is 7.75. The number of amides is 2. The molecule has 12 heteroatoms. The van der Waals surface area contributed by atoms with Crippen LogP contribution in [-0.4, -0.2) is 41.0 Å². The van der Waals surface area contributed by atoms with E-state index in [1.165, 1.54) is 18.7 Å². The van der Waals surface area contributed by atoms with Gasteiger partial charge in [-0.1, -0.05) is 24.3 Å². The number of nitrogens with one attached hydrogen (secondary N) is 4. The van der Waals surface area contributed by atoms with Crippen LogP contribution in [0.15, 0.2) is 83.8 Å². The number of para-hydroxylation sites is 1. The Labute approximate surface area is 268 Å². The van der Waals surface area contributed by atoms with Crippen molar-refractivity contribution in [2.24, 2.45) is 0 Å². The van der Waals surface area contributed by atoms with Gasteiger partial charge in [-0.05, 0) is 93.1 Å². The number of Topliss-reactive ketones (excluding diaryl/α,β-unsaturated/α-hetero) is 1. The number of hydrogen-bond acceptors (Lipinski definition) is 8. The van der Waals surface area contributed by atoms with E-state index >= 15 is 0 Å². The van der Waals surface area contributed by atoms with Gasteiger partial charge in [0.05, 0.1) is 22.8 Å². The Balaban J connectivity index is 1.39. The van der Waals surface area contributed by atoms with Crippen LogP contribution in [0.4, 0.5) is 22.1 Å². The van der Waals surface area contributed by atoms with Crippen molar-refractivity contribution < 1.29 is 23.9 Å². The lowest BCUT2D eigenvalue weighted by Crippen LogP contribution is -2.19. The van der Waals surface area contributed by atoms with E-state index in [9.17, 15) is 19.2 Å². The number of thiophene rings is 1. The minimum Gasteiger partial charge on any atom is -0.462 e. The third-order valence-corrected chi connectivity index (χ3v) is 8.53. The van der Waals surface area contributed by atoms with Crippen molar-refractivity contribution in [2.75, 3.05) is 33.6 Å². The lowest BCUT2D eigenvalue weighted by Gasteiger charge is -2.12. The molecule has 0 saturated heterocycles. The number of rotatable bonds is 11. The molecule has 0 saturated carbocycles. The van der Waals surface area contributed by atoms with Gasteiger partial charge < -0.3 is 26.0 Å². The molecule has 4 rings (SSSR count). The Morgan fingerprint density at radius 3 is 2.18 bits per heavy atom. The van der Waals surface area contributed by atoms with Gasteiger partial charge in [-0.25, -0.2) is 4.79 Å². The van der Waals surface area contributed by atoms with Crippen LogP contribution in [0.1, 0.15) is 49.8 Å². The second kappa shape index (κ2) is 15.3. The van der Waals surface area contributed by atoms with E-state index < -0.39 is 5.97 Å². The highest BCUT2D eigenvalue weighted by Crippen LogP contribution is 2.35. The highest BCUT2D eigenvalue weighted by molar-refractivity contribution is 8.00. The summed E-state index contributed by atoms with van der Waals surface area (Å²) in [5.74, 6) is -1.30. The van der Waals surface area contributed by atoms with Crippen LogP contribution in [-0.2, 0) is 9.53 Å². The predicted octanol–water partition coefficient (Wildman–Crippen LogP) is 7.23. The molecule has 2 amide bonds. The van der Waals surface area contributed by atoms with Crippen molar-refractivity contribution in [1.82, 2.24) is 0 Å². The van der Waals surface area contributed by atoms with Gasteiger partial charge in [-0.15, -0.1) is 23.1 Å². The van der Waals surface area contributed by atoms with Crippen molar-refractivity contribution in [1.29, 1.82) is 0 Å². The van der Waals surface area contributed by atoms with Gasteiger partial charge in [0.25, 0.3) is 5.91 Å². The molecule has 226 valence electrons. The standard InChI is InChI=1S/C32H30N4O5S3/c1-4-41-31(40)27-19(2)28(29(39)33-22-9-6-5-7-10-22)44-30(27)36-26(38)18-43-25-12-8-11-24(17-25)35-32(42)34-23-15-13-21(14-16-23)20(3)37/h5-17H,4,18H2,1-3H3,(H,33,39)(H,36,38)(H2,34,35,42). The quantitative estimate of drug-likeness (QED) is 0.0578. The van der Waals surface area contributed by atoms with Crippen molar-refractivity contribution in [3.63, 3.8) is 0 Å². The Kier molecular flexibility index (Phi) is 11.2. The van der Waals surface area contributed by atoms with Crippen LogP contribution >= 0.6 is 35.3 Å². The number of anilines is 4. The summed E-state index contributed by atoms with van der Waals surface area (Å²) in [6, 6.07) is 23.4. The molecule has 4 N–H and O–H groups in total. The maximum Gasteiger partial charge on any atom is 0.341 e. The van der Waals surface area contributed by atoms with Crippen LogP contribution in [0.25, 0.3) is 0 Å². The molecule has 0 aliphatic rings. The molecule has 4 aromatic rings. The molecule has 1 heterocycles. The summed E-state index contributed by atoms with van der Waals surface area (Å²) in [6.45, 7) is 5.01. The molecule has 0 radical (unpaired) electrons. The SMILES string of the molecule is CCOC(=O)c1c(NC(=O)CSc2cccc(NC(=S)Nc3ccc(C(C)=O)cc3)c2)sc(C(=O)Nc2ccccc2)c1C. The first-order valence-electron chi connectivity index (χ1n) is 13.5. The lowest BCUT2D eigenvalue weighted by molar-refractivity contribution is -0.113. The second-order valence-electron chi connectivity index (χ2n) is 9.38. The summed E-state index contributed by atoms with van der Waals surface area (Å²) in [7, 11) is 0. The molecule has 0 aliphatic carbocycles. The zero-order valence-electron chi connectivity index (χ0n) is 24.2. The van der Waals surface area contributed by atoms with E-state index in [2.05, 4.69) is 21.3 Å². The maximum atomic E-state index is 13.0. The van der Waals surface area contributed by atoms with Crippen LogP contribution in [0.3, 0.4) is 0 Å². The minimum atomic E-state index is -0.610. The number of ketones is 1. The number of carbonyl (C=O) groups excluding carboxylic acids is 4. The fourth-order valence-electron chi connectivity index (χ4n) is 4.03. The van der Waals surface area contributed by atoms with E-state index in [4.69, 9.17) is 17.0 Å². The zero-order valence-corrected chi connectivity index (χ0v) is 26.6. The normalized spacial score (nSPS) is 10.4. The van der Waals surface area contributed by atoms with E-state index in [0.717, 1.165) is 27.6 Å². The summed E-state index contributed by atoms with van der Waals surface area (Å²) in [6.07, 6.45) is 0. The number of ether oxygens (including phenoxy) is 1. The molecule has 44 heavy (non-hydrogen) atoms. The molecular formula is C32H30N4O5S3. The van der Waals surface area contributed by atoms with Crippen molar-refractivity contribution in [2.45, 2.75) is 25.7 Å². The van der Waals surface area contributed by atoms with Crippen molar-refractivity contribution >= 4 is 86.1 Å². The molecule has 1 aromatic heterocycles. The molecule has 3 aromatic carbocycles. The molecule has 0 bridgehead atoms. The van der Waals surface area contributed by atoms with Gasteiger partial charge in [-0.3, -0.25) is 14.4 Å². The van der Waals surface area contributed by atoms with E-state index in [-0.39, 0.29) is 40.5 Å². The smallest absolute Gasteiger partial charge is 0.341 e. The van der Waals surface area contributed by atoms with Gasteiger partial charge in [0, 0.05) is 27.5 Å². The predicted molar refractivity (Wildman–Crippen MR) is 181 cm³/mol. The Hall–Kier alpha value is -4.52. The monoisotopic (exact) mass is 646 g/mol. The summed E-state index contributed by atoms with van der Waals surface area (Å²) < 4.78 is 5.21. The van der Waals surface area contributed by atoms with Crippen LogP contribution < -0.4 is 21.3 Å². The Morgan fingerprint density at radius 1 is 0.841 bits per heavy atom. The topological polar surface area (TPSA) is 126 Å². The fourth-order valence-corrected chi connectivity index (χ4v) is 6.13. The molecular weight excluding hydrogens is 617 g/mol. The Bertz CT molecular complexity index is 1690. The van der Waals surface area contributed by atoms with Crippen LogP contribution in [0.2, 0.25) is 0 Å². The van der Waals surface area contributed by atoms with Gasteiger partial charge in [0.2, 0.25) is 5.91 Å². The van der Waals surface area contributed by atoms with Gasteiger partial charge in [0.15, 0.2) is 10.9 Å². The largest absolute Gasteiger partial charge is 0.462 e. The lowest BCUT2D eigenvalue weighted by atomic mass is 10.1. The number of esters is 1. The minimum absolute atomic E-state index is 0.0128. The van der Waals surface area contributed by atoms with Crippen molar-refractivity contribution in [3.05, 3.63) is 100 Å². The molecule has 0 spiro atoms. The maximum absolute atomic E-state index is 13.0. The summed E-state index contributed by atoms with van der Waals surface area (Å²) in [4.78, 5) is 51.4. The van der Waals surface area contributed by atoms with Gasteiger partial charge in [-0.2, -0.15) is 0 Å². The Morgan fingerprint density at radius 2 is 1.50 bits per heavy atom. The van der Waals surface area contributed by atoms with Gasteiger partial charge in [0.1, 0.15) is 5.00 Å². The van der Waals surface area contributed by atoms with Gasteiger partial charge >= 0.3 is 5.97 Å². The molecule has 9 nitrogen and oxygen atoms in total. The molecule has 0 fully saturated rings. The zero-order chi connectivity index (χ0) is 31.6. The number of thioether (sulfide) groups is 1. The molecule has 0 atom stereocenters. The number of carbonyl (C=O) groups is 4. The highest BCUT2D eigenvalue weighted by Gasteiger charge is 2.26.